The lowest BCUT2D eigenvalue weighted by atomic mass is 10.1. The monoisotopic (exact) mass is 215 g/mol. The summed E-state index contributed by atoms with van der Waals surface area (Å²) < 4.78 is 15.4. The molecule has 86 valence electrons. The number of ether oxygens (including phenoxy) is 3. The van der Waals surface area contributed by atoms with E-state index in [0.717, 1.165) is 32.7 Å². The molecule has 2 saturated heterocycles. The van der Waals surface area contributed by atoms with Crippen LogP contribution >= 0.6 is 0 Å². The van der Waals surface area contributed by atoms with E-state index in [4.69, 9.17) is 9.47 Å². The third-order valence-electron chi connectivity index (χ3n) is 3.00. The van der Waals surface area contributed by atoms with Crippen molar-refractivity contribution in [1.82, 2.24) is 4.90 Å². The van der Waals surface area contributed by atoms with Crippen LogP contribution in [0.3, 0.4) is 0 Å². The molecule has 5 heteroatoms. The van der Waals surface area contributed by atoms with Crippen LogP contribution in [0.25, 0.3) is 0 Å². The zero-order valence-corrected chi connectivity index (χ0v) is 8.98. The molecule has 0 aromatic heterocycles. The molecular formula is C10H17NO4. The van der Waals surface area contributed by atoms with E-state index in [0.29, 0.717) is 12.6 Å². The highest BCUT2D eigenvalue weighted by atomic mass is 16.6. The fourth-order valence-corrected chi connectivity index (χ4v) is 2.10. The Kier molecular flexibility index (Phi) is 3.56. The van der Waals surface area contributed by atoms with Crippen molar-refractivity contribution >= 4 is 5.97 Å². The van der Waals surface area contributed by atoms with E-state index in [1.165, 1.54) is 7.11 Å². The number of hydrogen-bond acceptors (Lipinski definition) is 5. The summed E-state index contributed by atoms with van der Waals surface area (Å²) in [6, 6.07) is 0.345. The highest BCUT2D eigenvalue weighted by Gasteiger charge is 2.35. The number of carbonyl (C=O) groups is 1. The van der Waals surface area contributed by atoms with Gasteiger partial charge >= 0.3 is 5.97 Å². The van der Waals surface area contributed by atoms with Crippen molar-refractivity contribution in [1.29, 1.82) is 0 Å². The van der Waals surface area contributed by atoms with Gasteiger partial charge in [-0.2, -0.15) is 0 Å². The van der Waals surface area contributed by atoms with Gasteiger partial charge in [-0.1, -0.05) is 0 Å². The van der Waals surface area contributed by atoms with E-state index in [9.17, 15) is 4.79 Å². The van der Waals surface area contributed by atoms with Gasteiger partial charge in [0.1, 0.15) is 0 Å². The Morgan fingerprint density at radius 2 is 2.13 bits per heavy atom. The number of morpholine rings is 1. The first-order valence-corrected chi connectivity index (χ1v) is 5.32. The first-order chi connectivity index (χ1) is 7.31. The predicted molar refractivity (Wildman–Crippen MR) is 52.6 cm³/mol. The minimum Gasteiger partial charge on any atom is -0.467 e. The molecule has 2 heterocycles. The summed E-state index contributed by atoms with van der Waals surface area (Å²) in [5.41, 5.74) is 0. The highest BCUT2D eigenvalue weighted by Crippen LogP contribution is 2.20. The van der Waals surface area contributed by atoms with Gasteiger partial charge in [-0.05, 0) is 0 Å². The summed E-state index contributed by atoms with van der Waals surface area (Å²) in [6.07, 6.45) is 0.370. The Balaban J connectivity index is 1.83. The van der Waals surface area contributed by atoms with E-state index in [-0.39, 0.29) is 12.1 Å². The van der Waals surface area contributed by atoms with Crippen molar-refractivity contribution in [2.45, 2.75) is 18.6 Å². The van der Waals surface area contributed by atoms with E-state index in [1.807, 2.05) is 0 Å². The number of hydrogen-bond donors (Lipinski definition) is 0. The Labute approximate surface area is 89.3 Å². The van der Waals surface area contributed by atoms with Crippen LogP contribution < -0.4 is 0 Å². The standard InChI is InChI=1S/C10H17NO4/c1-13-10(12)9-6-8(7-15-9)11-2-4-14-5-3-11/h8-9H,2-7H2,1H3. The summed E-state index contributed by atoms with van der Waals surface area (Å²) >= 11 is 0. The van der Waals surface area contributed by atoms with Gasteiger partial charge in [0, 0.05) is 25.6 Å². The molecule has 0 saturated carbocycles. The van der Waals surface area contributed by atoms with Crippen molar-refractivity contribution in [2.24, 2.45) is 0 Å². The molecule has 0 aliphatic carbocycles. The summed E-state index contributed by atoms with van der Waals surface area (Å²) in [6.45, 7) is 4.04. The second kappa shape index (κ2) is 4.92. The van der Waals surface area contributed by atoms with Gasteiger partial charge in [-0.3, -0.25) is 4.90 Å². The number of nitrogens with zero attached hydrogens (tertiary/aromatic N) is 1. The molecule has 0 aromatic carbocycles. The van der Waals surface area contributed by atoms with Crippen LogP contribution in [0, 0.1) is 0 Å². The zero-order chi connectivity index (χ0) is 10.7. The molecule has 15 heavy (non-hydrogen) atoms. The Morgan fingerprint density at radius 3 is 2.80 bits per heavy atom. The predicted octanol–water partition coefficient (Wildman–Crippen LogP) is -0.351. The van der Waals surface area contributed by atoms with Gasteiger partial charge in [0.05, 0.1) is 26.9 Å². The number of esters is 1. The summed E-state index contributed by atoms with van der Waals surface area (Å²) in [7, 11) is 1.40. The van der Waals surface area contributed by atoms with Crippen LogP contribution in [-0.2, 0) is 19.0 Å². The lowest BCUT2D eigenvalue weighted by Crippen LogP contribution is -2.44. The second-order valence-electron chi connectivity index (χ2n) is 3.88. The minimum atomic E-state index is -0.372. The lowest BCUT2D eigenvalue weighted by molar-refractivity contribution is -0.151. The largest absolute Gasteiger partial charge is 0.467 e. The van der Waals surface area contributed by atoms with Gasteiger partial charge in [-0.25, -0.2) is 4.79 Å². The smallest absolute Gasteiger partial charge is 0.335 e. The minimum absolute atomic E-state index is 0.259. The molecule has 2 aliphatic rings. The average molecular weight is 215 g/mol. The number of carbonyl (C=O) groups excluding carboxylic acids is 1. The topological polar surface area (TPSA) is 48.0 Å². The van der Waals surface area contributed by atoms with Crippen LogP contribution in [0.1, 0.15) is 6.42 Å². The number of methoxy groups -OCH3 is 1. The SMILES string of the molecule is COC(=O)C1CC(N2CCOCC2)CO1. The molecule has 0 aromatic rings. The Bertz CT molecular complexity index is 227. The van der Waals surface area contributed by atoms with Gasteiger partial charge in [-0.15, -0.1) is 0 Å². The van der Waals surface area contributed by atoms with E-state index >= 15 is 0 Å². The van der Waals surface area contributed by atoms with Crippen LogP contribution in [0.5, 0.6) is 0 Å². The highest BCUT2D eigenvalue weighted by molar-refractivity contribution is 5.74. The molecule has 0 spiro atoms. The fraction of sp³-hybridized carbons (Fsp3) is 0.900. The van der Waals surface area contributed by atoms with E-state index in [1.54, 1.807) is 0 Å². The zero-order valence-electron chi connectivity index (χ0n) is 8.98. The Morgan fingerprint density at radius 1 is 1.40 bits per heavy atom. The fourth-order valence-electron chi connectivity index (χ4n) is 2.10. The van der Waals surface area contributed by atoms with E-state index < -0.39 is 0 Å². The summed E-state index contributed by atoms with van der Waals surface area (Å²) in [4.78, 5) is 13.6. The van der Waals surface area contributed by atoms with Crippen molar-refractivity contribution < 1.29 is 19.0 Å². The van der Waals surface area contributed by atoms with Gasteiger partial charge < -0.3 is 14.2 Å². The number of rotatable bonds is 2. The molecule has 0 bridgehead atoms. The molecular weight excluding hydrogens is 198 g/mol. The summed E-state index contributed by atoms with van der Waals surface area (Å²) in [5.74, 6) is -0.259. The normalized spacial score (nSPS) is 32.9. The first-order valence-electron chi connectivity index (χ1n) is 5.32. The van der Waals surface area contributed by atoms with Crippen LogP contribution in [0.15, 0.2) is 0 Å². The quantitative estimate of drug-likeness (QED) is 0.589. The average Bonchev–Trinajstić information content (AvgIpc) is 2.78. The van der Waals surface area contributed by atoms with Crippen LogP contribution in [0.4, 0.5) is 0 Å². The second-order valence-corrected chi connectivity index (χ2v) is 3.88. The maximum atomic E-state index is 11.3. The first kappa shape index (κ1) is 10.9. The van der Waals surface area contributed by atoms with Crippen molar-refractivity contribution in [3.63, 3.8) is 0 Å². The molecule has 0 amide bonds. The van der Waals surface area contributed by atoms with Crippen molar-refractivity contribution in [3.05, 3.63) is 0 Å². The van der Waals surface area contributed by atoms with Crippen LogP contribution in [0.2, 0.25) is 0 Å². The molecule has 0 N–H and O–H groups in total. The maximum Gasteiger partial charge on any atom is 0.335 e. The molecule has 2 unspecified atom stereocenters. The third-order valence-corrected chi connectivity index (χ3v) is 3.00. The molecule has 5 nitrogen and oxygen atoms in total. The van der Waals surface area contributed by atoms with Crippen LogP contribution in [-0.4, -0.2) is 63.0 Å². The molecule has 0 radical (unpaired) electrons. The Hall–Kier alpha value is -0.650. The molecule has 2 fully saturated rings. The van der Waals surface area contributed by atoms with Crippen molar-refractivity contribution in [2.75, 3.05) is 40.0 Å². The van der Waals surface area contributed by atoms with E-state index in [2.05, 4.69) is 9.64 Å². The van der Waals surface area contributed by atoms with Gasteiger partial charge in [0.25, 0.3) is 0 Å². The van der Waals surface area contributed by atoms with Gasteiger partial charge in [0.15, 0.2) is 6.10 Å². The molecule has 2 aliphatic heterocycles. The van der Waals surface area contributed by atoms with Gasteiger partial charge in [0.2, 0.25) is 0 Å². The third kappa shape index (κ3) is 2.48. The van der Waals surface area contributed by atoms with Crippen molar-refractivity contribution in [3.8, 4) is 0 Å². The maximum absolute atomic E-state index is 11.3. The lowest BCUT2D eigenvalue weighted by Gasteiger charge is -2.31. The molecule has 2 atom stereocenters. The summed E-state index contributed by atoms with van der Waals surface area (Å²) in [5, 5.41) is 0. The molecule has 2 rings (SSSR count).